The van der Waals surface area contributed by atoms with Crippen molar-refractivity contribution in [3.05, 3.63) is 143 Å². The number of rotatable bonds is 6. The Balaban J connectivity index is 1.76. The summed E-state index contributed by atoms with van der Waals surface area (Å²) in [7, 11) is -1.91. The van der Waals surface area contributed by atoms with E-state index in [-0.39, 0.29) is 0 Å². The average Bonchev–Trinajstić information content (AvgIpc) is 2.92. The maximum absolute atomic E-state index is 18.4. The fourth-order valence-electron chi connectivity index (χ4n) is 7.05. The van der Waals surface area contributed by atoms with Crippen LogP contribution in [0.4, 0.5) is 4.32 Å². The van der Waals surface area contributed by atoms with Crippen molar-refractivity contribution in [3.63, 3.8) is 0 Å². The van der Waals surface area contributed by atoms with Crippen molar-refractivity contribution < 1.29 is 4.32 Å². The number of halogens is 1. The van der Waals surface area contributed by atoms with E-state index in [0.717, 1.165) is 49.8 Å². The Morgan fingerprint density at radius 1 is 0.475 bits per heavy atom. The fourth-order valence-corrected chi connectivity index (χ4v) is 10.2. The molecule has 0 aliphatic carbocycles. The molecule has 40 heavy (non-hydrogen) atoms. The molecule has 0 nitrogen and oxygen atoms in total. The Labute approximate surface area is 240 Å². The largest absolute Gasteiger partial charge is 0.498 e. The third kappa shape index (κ3) is 4.74. The lowest BCUT2D eigenvalue weighted by molar-refractivity contribution is 0.839. The molecule has 202 valence electrons. The van der Waals surface area contributed by atoms with Gasteiger partial charge in [-0.05, 0) is 77.9 Å². The lowest BCUT2D eigenvalue weighted by Gasteiger charge is -2.41. The second-order valence-corrected chi connectivity index (χ2v) is 15.2. The highest BCUT2D eigenvalue weighted by Gasteiger charge is 2.41. The average molecular weight is 545 g/mol. The van der Waals surface area contributed by atoms with Gasteiger partial charge in [0.05, 0.1) is 6.66 Å². The SMILES string of the molecule is Cc1cc(C)c([B-](F)(c2ccc([P+](C)(c3ccccc3)c3ccccc3)cc2)c2c(C)cc(C)cc2C)c(C)c1. The predicted molar refractivity (Wildman–Crippen MR) is 178 cm³/mol. The summed E-state index contributed by atoms with van der Waals surface area (Å²) in [5.41, 5.74) is 8.73. The van der Waals surface area contributed by atoms with Crippen LogP contribution in [0.3, 0.4) is 0 Å². The molecular formula is C37H39BFP. The Morgan fingerprint density at radius 2 is 0.800 bits per heavy atom. The van der Waals surface area contributed by atoms with Crippen molar-refractivity contribution in [2.45, 2.75) is 41.5 Å². The second-order valence-electron chi connectivity index (χ2n) is 11.7. The molecule has 5 aromatic rings. The monoisotopic (exact) mass is 544 g/mol. The first-order chi connectivity index (χ1) is 19.1. The predicted octanol–water partition coefficient (Wildman–Crippen LogP) is 6.40. The first-order valence-electron chi connectivity index (χ1n) is 14.2. The molecule has 0 saturated heterocycles. The highest BCUT2D eigenvalue weighted by atomic mass is 31.2. The third-order valence-electron chi connectivity index (χ3n) is 8.69. The summed E-state index contributed by atoms with van der Waals surface area (Å²) in [6.07, 6.45) is -2.70. The van der Waals surface area contributed by atoms with Crippen LogP contribution in [0.1, 0.15) is 33.4 Å². The summed E-state index contributed by atoms with van der Waals surface area (Å²) < 4.78 is 18.4. The van der Waals surface area contributed by atoms with Crippen molar-refractivity contribution in [2.24, 2.45) is 0 Å². The Morgan fingerprint density at radius 3 is 1.15 bits per heavy atom. The normalized spacial score (nSPS) is 12.0. The summed E-state index contributed by atoms with van der Waals surface area (Å²) >= 11 is 0. The first-order valence-corrected chi connectivity index (χ1v) is 16.4. The molecule has 0 fully saturated rings. The van der Waals surface area contributed by atoms with E-state index in [0.29, 0.717) is 0 Å². The highest BCUT2D eigenvalue weighted by Crippen LogP contribution is 2.51. The van der Waals surface area contributed by atoms with E-state index in [2.05, 4.69) is 157 Å². The maximum atomic E-state index is 18.4. The number of hydrogen-bond acceptors (Lipinski definition) is 0. The van der Waals surface area contributed by atoms with Gasteiger partial charge in [0.15, 0.2) is 0 Å². The Bertz CT molecular complexity index is 1510. The van der Waals surface area contributed by atoms with Crippen molar-refractivity contribution in [1.82, 2.24) is 0 Å². The smallest absolute Gasteiger partial charge is 0.235 e. The van der Waals surface area contributed by atoms with Crippen molar-refractivity contribution in [3.8, 4) is 0 Å². The first kappa shape index (κ1) is 28.1. The molecule has 0 bridgehead atoms. The summed E-state index contributed by atoms with van der Waals surface area (Å²) in [5.74, 6) is 0. The van der Waals surface area contributed by atoms with Crippen molar-refractivity contribution >= 4 is 46.0 Å². The molecule has 0 heterocycles. The topological polar surface area (TPSA) is 0 Å². The molecular weight excluding hydrogens is 505 g/mol. The van der Waals surface area contributed by atoms with Gasteiger partial charge in [-0.25, -0.2) is 0 Å². The molecule has 5 aromatic carbocycles. The standard InChI is InChI=1S/C37H39BFP/c1-26-22-28(3)36(29(4)23-26)38(39,37-30(5)24-27(2)25-31(37)6)32-18-20-35(21-19-32)40(7,33-14-10-8-11-15-33)34-16-12-9-13-17-34/h8-25H,1-7H3. The van der Waals surface area contributed by atoms with Crippen LogP contribution in [0.25, 0.3) is 0 Å². The third-order valence-corrected chi connectivity index (χ3v) is 12.7. The van der Waals surface area contributed by atoms with E-state index in [9.17, 15) is 0 Å². The van der Waals surface area contributed by atoms with Crippen LogP contribution in [0.2, 0.25) is 0 Å². The Hall–Kier alpha value is -3.48. The van der Waals surface area contributed by atoms with Gasteiger partial charge in [-0.15, -0.1) is 0 Å². The zero-order valence-electron chi connectivity index (χ0n) is 24.8. The van der Waals surface area contributed by atoms with Crippen LogP contribution in [0.15, 0.2) is 109 Å². The summed E-state index contributed by atoms with van der Waals surface area (Å²) in [6, 6.07) is 38.6. The molecule has 0 aliphatic rings. The van der Waals surface area contributed by atoms with Gasteiger partial charge in [0, 0.05) is 0 Å². The van der Waals surface area contributed by atoms with Crippen molar-refractivity contribution in [2.75, 3.05) is 6.66 Å². The maximum Gasteiger partial charge on any atom is 0.235 e. The van der Waals surface area contributed by atoms with Crippen LogP contribution >= 0.6 is 7.26 Å². The summed E-state index contributed by atoms with van der Waals surface area (Å²) in [6.45, 7) is 14.8. The lowest BCUT2D eigenvalue weighted by Crippen LogP contribution is -2.67. The number of hydrogen-bond donors (Lipinski definition) is 0. The van der Waals surface area contributed by atoms with Gasteiger partial charge in [-0.3, -0.25) is 0 Å². The molecule has 0 aromatic heterocycles. The molecule has 5 rings (SSSR count). The Kier molecular flexibility index (Phi) is 7.60. The number of aryl methyl sites for hydroxylation is 6. The minimum absolute atomic E-state index is 0.738. The van der Waals surface area contributed by atoms with Crippen molar-refractivity contribution in [1.29, 1.82) is 0 Å². The van der Waals surface area contributed by atoms with E-state index in [1.54, 1.807) is 0 Å². The van der Waals surface area contributed by atoms with E-state index >= 15 is 4.32 Å². The van der Waals surface area contributed by atoms with Gasteiger partial charge in [0.2, 0.25) is 6.42 Å². The van der Waals surface area contributed by atoms with Gasteiger partial charge in [0.1, 0.15) is 23.2 Å². The van der Waals surface area contributed by atoms with Crippen LogP contribution < -0.4 is 32.3 Å². The van der Waals surface area contributed by atoms with Crippen LogP contribution in [-0.4, -0.2) is 13.1 Å². The fraction of sp³-hybridized carbons (Fsp3) is 0.189. The molecule has 0 spiro atoms. The van der Waals surface area contributed by atoms with E-state index in [1.807, 2.05) is 0 Å². The molecule has 0 unspecified atom stereocenters. The van der Waals surface area contributed by atoms with Gasteiger partial charge in [0.25, 0.3) is 0 Å². The van der Waals surface area contributed by atoms with E-state index in [1.165, 1.54) is 15.9 Å². The molecule has 0 atom stereocenters. The molecule has 0 N–H and O–H groups in total. The molecule has 3 heteroatoms. The van der Waals surface area contributed by atoms with Crippen LogP contribution in [0, 0.1) is 41.5 Å². The van der Waals surface area contributed by atoms with Gasteiger partial charge in [-0.2, -0.15) is 16.4 Å². The van der Waals surface area contributed by atoms with Gasteiger partial charge < -0.3 is 4.32 Å². The zero-order valence-corrected chi connectivity index (χ0v) is 25.7. The highest BCUT2D eigenvalue weighted by molar-refractivity contribution is 7.95. The number of benzene rings is 5. The second kappa shape index (κ2) is 10.8. The molecule has 0 radical (unpaired) electrons. The van der Waals surface area contributed by atoms with Crippen LogP contribution in [-0.2, 0) is 0 Å². The zero-order chi connectivity index (χ0) is 28.7. The minimum Gasteiger partial charge on any atom is -0.498 e. The van der Waals surface area contributed by atoms with Crippen LogP contribution in [0.5, 0.6) is 0 Å². The summed E-state index contributed by atoms with van der Waals surface area (Å²) in [4.78, 5) is 0. The quantitative estimate of drug-likeness (QED) is 0.172. The van der Waals surface area contributed by atoms with E-state index in [4.69, 9.17) is 0 Å². The summed E-state index contributed by atoms with van der Waals surface area (Å²) in [5, 5.41) is 3.89. The molecule has 0 aliphatic heterocycles. The van der Waals surface area contributed by atoms with E-state index < -0.39 is 13.7 Å². The van der Waals surface area contributed by atoms with Gasteiger partial charge >= 0.3 is 0 Å². The minimum atomic E-state index is -2.70. The lowest BCUT2D eigenvalue weighted by atomic mass is 9.29. The molecule has 0 amide bonds. The van der Waals surface area contributed by atoms with Gasteiger partial charge in [-0.1, -0.05) is 106 Å². The molecule has 0 saturated carbocycles.